The van der Waals surface area contributed by atoms with Crippen molar-refractivity contribution in [3.8, 4) is 0 Å². The lowest BCUT2D eigenvalue weighted by Crippen LogP contribution is -2.44. The quantitative estimate of drug-likeness (QED) is 0.860. The molecule has 2 atom stereocenters. The van der Waals surface area contributed by atoms with Crippen molar-refractivity contribution in [2.24, 2.45) is 5.92 Å². The Kier molecular flexibility index (Phi) is 5.71. The van der Waals surface area contributed by atoms with Gasteiger partial charge >= 0.3 is 0 Å². The van der Waals surface area contributed by atoms with Crippen molar-refractivity contribution < 1.29 is 8.78 Å². The standard InChI is InChI=1S/C17H26F2N2/c1-12(2)17(21-8-4-5-9-21)11-20-13(3)15-10-14(18)6-7-16(15)19/h6-7,10,12-13,17,20H,4-5,8-9,11H2,1-3H3. The van der Waals surface area contributed by atoms with Gasteiger partial charge in [0.15, 0.2) is 0 Å². The summed E-state index contributed by atoms with van der Waals surface area (Å²) in [7, 11) is 0. The molecule has 0 radical (unpaired) electrons. The minimum atomic E-state index is -0.389. The molecule has 1 aromatic carbocycles. The summed E-state index contributed by atoms with van der Waals surface area (Å²) in [6.07, 6.45) is 2.52. The van der Waals surface area contributed by atoms with Crippen LogP contribution in [0.25, 0.3) is 0 Å². The van der Waals surface area contributed by atoms with Crippen LogP contribution >= 0.6 is 0 Å². The lowest BCUT2D eigenvalue weighted by Gasteiger charge is -2.32. The Balaban J connectivity index is 1.98. The summed E-state index contributed by atoms with van der Waals surface area (Å²) in [5.41, 5.74) is 0.402. The van der Waals surface area contributed by atoms with Gasteiger partial charge in [-0.25, -0.2) is 8.78 Å². The van der Waals surface area contributed by atoms with Crippen LogP contribution in [0.4, 0.5) is 8.78 Å². The van der Waals surface area contributed by atoms with Crippen molar-refractivity contribution >= 4 is 0 Å². The molecule has 0 spiro atoms. The third-order valence-corrected chi connectivity index (χ3v) is 4.44. The largest absolute Gasteiger partial charge is 0.309 e. The Morgan fingerprint density at radius 1 is 1.14 bits per heavy atom. The van der Waals surface area contributed by atoms with E-state index in [-0.39, 0.29) is 17.7 Å². The van der Waals surface area contributed by atoms with Gasteiger partial charge in [-0.15, -0.1) is 0 Å². The first kappa shape index (κ1) is 16.4. The normalized spacial score (nSPS) is 19.1. The van der Waals surface area contributed by atoms with E-state index in [0.29, 0.717) is 17.5 Å². The van der Waals surface area contributed by atoms with Gasteiger partial charge in [0.25, 0.3) is 0 Å². The summed E-state index contributed by atoms with van der Waals surface area (Å²) in [4.78, 5) is 2.51. The van der Waals surface area contributed by atoms with Gasteiger partial charge in [-0.05, 0) is 57.0 Å². The monoisotopic (exact) mass is 296 g/mol. The van der Waals surface area contributed by atoms with Crippen molar-refractivity contribution in [2.75, 3.05) is 19.6 Å². The molecule has 2 nitrogen and oxygen atoms in total. The molecule has 21 heavy (non-hydrogen) atoms. The zero-order valence-electron chi connectivity index (χ0n) is 13.2. The minimum Gasteiger partial charge on any atom is -0.309 e. The highest BCUT2D eigenvalue weighted by molar-refractivity contribution is 5.21. The Labute approximate surface area is 126 Å². The van der Waals surface area contributed by atoms with Gasteiger partial charge in [-0.1, -0.05) is 13.8 Å². The van der Waals surface area contributed by atoms with E-state index in [1.165, 1.54) is 25.0 Å². The lowest BCUT2D eigenvalue weighted by atomic mass is 10.0. The Morgan fingerprint density at radius 3 is 2.43 bits per heavy atom. The fourth-order valence-corrected chi connectivity index (χ4v) is 3.11. The summed E-state index contributed by atoms with van der Waals surface area (Å²) in [6, 6.07) is 3.90. The smallest absolute Gasteiger partial charge is 0.128 e. The molecule has 0 aromatic heterocycles. The Bertz CT molecular complexity index is 456. The summed E-state index contributed by atoms with van der Waals surface area (Å²) in [5, 5.41) is 3.38. The Hall–Kier alpha value is -1.00. The van der Waals surface area contributed by atoms with Crippen molar-refractivity contribution in [3.05, 3.63) is 35.4 Å². The summed E-state index contributed by atoms with van der Waals surface area (Å²) in [6.45, 7) is 9.42. The molecule has 1 heterocycles. The maximum atomic E-state index is 13.8. The maximum absolute atomic E-state index is 13.8. The van der Waals surface area contributed by atoms with Crippen molar-refractivity contribution in [1.29, 1.82) is 0 Å². The maximum Gasteiger partial charge on any atom is 0.128 e. The zero-order chi connectivity index (χ0) is 15.4. The first-order valence-electron chi connectivity index (χ1n) is 7.91. The van der Waals surface area contributed by atoms with Crippen molar-refractivity contribution in [3.63, 3.8) is 0 Å². The van der Waals surface area contributed by atoms with Gasteiger partial charge in [-0.3, -0.25) is 4.90 Å². The van der Waals surface area contributed by atoms with E-state index in [1.54, 1.807) is 0 Å². The fourth-order valence-electron chi connectivity index (χ4n) is 3.11. The van der Waals surface area contributed by atoms with Gasteiger partial charge in [0.05, 0.1) is 0 Å². The molecule has 1 fully saturated rings. The van der Waals surface area contributed by atoms with E-state index in [2.05, 4.69) is 24.1 Å². The molecule has 0 aliphatic carbocycles. The van der Waals surface area contributed by atoms with Gasteiger partial charge in [0.1, 0.15) is 11.6 Å². The molecule has 0 saturated carbocycles. The first-order valence-corrected chi connectivity index (χ1v) is 7.91. The number of nitrogens with one attached hydrogen (secondary N) is 1. The first-order chi connectivity index (χ1) is 9.99. The number of halogens is 2. The molecule has 1 saturated heterocycles. The van der Waals surface area contributed by atoms with Gasteiger partial charge in [0, 0.05) is 24.2 Å². The van der Waals surface area contributed by atoms with Crippen LogP contribution in [0.15, 0.2) is 18.2 Å². The van der Waals surface area contributed by atoms with Crippen LogP contribution < -0.4 is 5.32 Å². The van der Waals surface area contributed by atoms with E-state index in [9.17, 15) is 8.78 Å². The number of likely N-dealkylation sites (tertiary alicyclic amines) is 1. The van der Waals surface area contributed by atoms with Gasteiger partial charge in [0.2, 0.25) is 0 Å². The van der Waals surface area contributed by atoms with Crippen LogP contribution in [-0.4, -0.2) is 30.6 Å². The highest BCUT2D eigenvalue weighted by Crippen LogP contribution is 2.21. The predicted octanol–water partition coefficient (Wildman–Crippen LogP) is 3.74. The van der Waals surface area contributed by atoms with Crippen LogP contribution in [0.2, 0.25) is 0 Å². The second kappa shape index (κ2) is 7.32. The topological polar surface area (TPSA) is 15.3 Å². The molecule has 2 rings (SSSR count). The van der Waals surface area contributed by atoms with E-state index < -0.39 is 0 Å². The number of hydrogen-bond donors (Lipinski definition) is 1. The van der Waals surface area contributed by atoms with Gasteiger partial charge < -0.3 is 5.32 Å². The molecule has 0 amide bonds. The summed E-state index contributed by atoms with van der Waals surface area (Å²) >= 11 is 0. The Morgan fingerprint density at radius 2 is 1.81 bits per heavy atom. The van der Waals surface area contributed by atoms with E-state index in [4.69, 9.17) is 0 Å². The van der Waals surface area contributed by atoms with E-state index in [0.717, 1.165) is 25.7 Å². The highest BCUT2D eigenvalue weighted by Gasteiger charge is 2.25. The molecule has 4 heteroatoms. The molecule has 1 aliphatic rings. The van der Waals surface area contributed by atoms with E-state index in [1.807, 2.05) is 6.92 Å². The molecule has 1 aliphatic heterocycles. The highest BCUT2D eigenvalue weighted by atomic mass is 19.1. The lowest BCUT2D eigenvalue weighted by molar-refractivity contribution is 0.182. The molecular weight excluding hydrogens is 270 g/mol. The number of benzene rings is 1. The number of hydrogen-bond acceptors (Lipinski definition) is 2. The molecule has 2 unspecified atom stereocenters. The van der Waals surface area contributed by atoms with Gasteiger partial charge in [-0.2, -0.15) is 0 Å². The average Bonchev–Trinajstić information content (AvgIpc) is 2.95. The molecule has 1 N–H and O–H groups in total. The number of nitrogens with zero attached hydrogens (tertiary/aromatic N) is 1. The fraction of sp³-hybridized carbons (Fsp3) is 0.647. The average molecular weight is 296 g/mol. The summed E-state index contributed by atoms with van der Waals surface area (Å²) in [5.74, 6) is -0.196. The molecule has 1 aromatic rings. The number of rotatable bonds is 6. The van der Waals surface area contributed by atoms with Crippen LogP contribution in [0.5, 0.6) is 0 Å². The SMILES string of the molecule is CC(NCC(C(C)C)N1CCCC1)c1cc(F)ccc1F. The second-order valence-corrected chi connectivity index (χ2v) is 6.35. The minimum absolute atomic E-state index is 0.190. The van der Waals surface area contributed by atoms with Crippen molar-refractivity contribution in [2.45, 2.75) is 45.7 Å². The third-order valence-electron chi connectivity index (χ3n) is 4.44. The molecule has 0 bridgehead atoms. The molecular formula is C17H26F2N2. The van der Waals surface area contributed by atoms with Crippen LogP contribution in [0.1, 0.15) is 45.2 Å². The van der Waals surface area contributed by atoms with Crippen LogP contribution in [-0.2, 0) is 0 Å². The summed E-state index contributed by atoms with van der Waals surface area (Å²) < 4.78 is 27.1. The van der Waals surface area contributed by atoms with Crippen molar-refractivity contribution in [1.82, 2.24) is 10.2 Å². The molecule has 118 valence electrons. The zero-order valence-corrected chi connectivity index (χ0v) is 13.2. The third kappa shape index (κ3) is 4.24. The van der Waals surface area contributed by atoms with E-state index >= 15 is 0 Å². The van der Waals surface area contributed by atoms with Crippen LogP contribution in [0, 0.1) is 17.6 Å². The van der Waals surface area contributed by atoms with Crippen LogP contribution in [0.3, 0.4) is 0 Å². The second-order valence-electron chi connectivity index (χ2n) is 6.35. The predicted molar refractivity (Wildman–Crippen MR) is 82.2 cm³/mol.